The summed E-state index contributed by atoms with van der Waals surface area (Å²) in [5.74, 6) is 0. The first-order valence-electron chi connectivity index (χ1n) is 3.09. The highest BCUT2D eigenvalue weighted by molar-refractivity contribution is 5.58. The van der Waals surface area contributed by atoms with Crippen molar-refractivity contribution in [3.05, 3.63) is 12.8 Å². The molecule has 0 aliphatic rings. The average molecular weight is 125 g/mol. The second-order valence-corrected chi connectivity index (χ2v) is 3.16. The van der Waals surface area contributed by atoms with Gasteiger partial charge in [0.2, 0.25) is 0 Å². The molecule has 0 aliphatic carbocycles. The molecule has 0 N–H and O–H groups in total. The predicted octanol–water partition coefficient (Wildman–Crippen LogP) is 1.77. The molecule has 0 rings (SSSR count). The summed E-state index contributed by atoms with van der Waals surface area (Å²) in [5, 5.41) is 0. The lowest BCUT2D eigenvalue weighted by atomic mass is 9.99. The average Bonchev–Trinajstić information content (AvgIpc) is 1.62. The first-order valence-corrected chi connectivity index (χ1v) is 3.09. The van der Waals surface area contributed by atoms with E-state index in [0.717, 1.165) is 0 Å². The van der Waals surface area contributed by atoms with Gasteiger partial charge in [0, 0.05) is 12.4 Å². The first-order chi connectivity index (χ1) is 3.95. The lowest BCUT2D eigenvalue weighted by molar-refractivity contribution is -0.420. The molecule has 0 unspecified atom stereocenters. The third-order valence-corrected chi connectivity index (χ3v) is 0.786. The normalized spacial score (nSPS) is 13.6. The van der Waals surface area contributed by atoms with Crippen LogP contribution in [0.3, 0.4) is 0 Å². The Kier molecular flexibility index (Phi) is 2.63. The molecule has 0 aromatic heterocycles. The molecular formula is C8H15N. The van der Waals surface area contributed by atoms with Gasteiger partial charge < -0.3 is 4.58 Å². The zero-order valence-corrected chi connectivity index (χ0v) is 6.73. The Morgan fingerprint density at radius 1 is 1.44 bits per heavy atom. The number of hydrogen-bond donors (Lipinski definition) is 0. The fraction of sp³-hybridized carbons (Fsp3) is 0.625. The van der Waals surface area contributed by atoms with E-state index in [1.807, 2.05) is 11.6 Å². The van der Waals surface area contributed by atoms with Gasteiger partial charge in [0.25, 0.3) is 0 Å². The van der Waals surface area contributed by atoms with Crippen LogP contribution in [0.25, 0.3) is 0 Å². The van der Waals surface area contributed by atoms with Crippen LogP contribution in [0.5, 0.6) is 0 Å². The highest BCUT2D eigenvalue weighted by Crippen LogP contribution is 2.07. The van der Waals surface area contributed by atoms with Gasteiger partial charge >= 0.3 is 0 Å². The van der Waals surface area contributed by atoms with Gasteiger partial charge in [0.1, 0.15) is 7.05 Å². The van der Waals surface area contributed by atoms with Crippen molar-refractivity contribution in [2.24, 2.45) is 5.41 Å². The molecule has 0 amide bonds. The number of hydrogen-bond acceptors (Lipinski definition) is 0. The Hall–Kier alpha value is -0.590. The van der Waals surface area contributed by atoms with E-state index < -0.39 is 0 Å². The Bertz CT molecular complexity index is 126. The summed E-state index contributed by atoms with van der Waals surface area (Å²) in [6.07, 6.45) is 4.93. The predicted molar refractivity (Wildman–Crippen MR) is 40.8 cm³/mol. The zero-order chi connectivity index (χ0) is 7.49. The van der Waals surface area contributed by atoms with Gasteiger partial charge in [-0.25, -0.2) is 0 Å². The van der Waals surface area contributed by atoms with E-state index in [1.165, 1.54) is 0 Å². The molecule has 0 saturated heterocycles. The van der Waals surface area contributed by atoms with Crippen LogP contribution in [0.15, 0.2) is 12.8 Å². The van der Waals surface area contributed by atoms with Gasteiger partial charge in [-0.05, 0) is 5.41 Å². The van der Waals surface area contributed by atoms with E-state index in [0.29, 0.717) is 0 Å². The van der Waals surface area contributed by atoms with Crippen LogP contribution < -0.4 is 0 Å². The molecule has 0 aromatic rings. The van der Waals surface area contributed by atoms with E-state index in [2.05, 4.69) is 33.6 Å². The van der Waals surface area contributed by atoms with Crippen LogP contribution in [-0.2, 0) is 0 Å². The molecule has 0 spiro atoms. The summed E-state index contributed by atoms with van der Waals surface area (Å²) < 4.78 is 1.85. The molecular weight excluding hydrogens is 110 g/mol. The Morgan fingerprint density at radius 3 is 2.00 bits per heavy atom. The Balaban J connectivity index is 4.11. The largest absolute Gasteiger partial charge is 0.373 e. The summed E-state index contributed by atoms with van der Waals surface area (Å²) in [4.78, 5) is 0. The summed E-state index contributed by atoms with van der Waals surface area (Å²) in [6, 6.07) is 0. The smallest absolute Gasteiger partial charge is 0.104 e. The van der Waals surface area contributed by atoms with Crippen LogP contribution in [0, 0.1) is 5.41 Å². The van der Waals surface area contributed by atoms with Crippen LogP contribution in [0.4, 0.5) is 0 Å². The second kappa shape index (κ2) is 2.81. The maximum absolute atomic E-state index is 3.61. The van der Waals surface area contributed by atoms with Crippen molar-refractivity contribution in [1.82, 2.24) is 0 Å². The Morgan fingerprint density at radius 2 is 1.89 bits per heavy atom. The van der Waals surface area contributed by atoms with E-state index in [9.17, 15) is 0 Å². The minimum absolute atomic E-state index is 0.128. The van der Waals surface area contributed by atoms with Crippen LogP contribution in [0.2, 0.25) is 0 Å². The van der Waals surface area contributed by atoms with Crippen molar-refractivity contribution in [3.63, 3.8) is 0 Å². The molecule has 0 aromatic carbocycles. The second-order valence-electron chi connectivity index (χ2n) is 3.16. The summed E-state index contributed by atoms with van der Waals surface area (Å²) in [5.41, 5.74) is 0.128. The molecule has 1 heteroatoms. The molecule has 1 nitrogen and oxygen atoms in total. The zero-order valence-electron chi connectivity index (χ0n) is 6.73. The first kappa shape index (κ1) is 8.41. The Labute approximate surface area is 57.7 Å². The minimum atomic E-state index is 0.128. The fourth-order valence-corrected chi connectivity index (χ4v) is 0.575. The van der Waals surface area contributed by atoms with Gasteiger partial charge in [-0.1, -0.05) is 20.8 Å². The third-order valence-electron chi connectivity index (χ3n) is 0.786. The van der Waals surface area contributed by atoms with E-state index in [1.54, 1.807) is 6.20 Å². The summed E-state index contributed by atoms with van der Waals surface area (Å²) in [6.45, 7) is 9.92. The molecule has 9 heavy (non-hydrogen) atoms. The fourth-order valence-electron chi connectivity index (χ4n) is 0.575. The van der Waals surface area contributed by atoms with Crippen LogP contribution >= 0.6 is 0 Å². The van der Waals surface area contributed by atoms with Crippen molar-refractivity contribution in [1.29, 1.82) is 0 Å². The topological polar surface area (TPSA) is 3.01 Å². The minimum Gasteiger partial charge on any atom is -0.373 e. The van der Waals surface area contributed by atoms with Crippen LogP contribution in [-0.4, -0.2) is 17.8 Å². The van der Waals surface area contributed by atoms with Gasteiger partial charge in [-0.15, -0.1) is 6.58 Å². The van der Waals surface area contributed by atoms with Gasteiger partial charge in [-0.3, -0.25) is 0 Å². The molecule has 0 aliphatic heterocycles. The van der Waals surface area contributed by atoms with Crippen LogP contribution in [0.1, 0.15) is 20.8 Å². The SMILES string of the molecule is C=C[N+](C)=[C-]C(C)(C)C. The van der Waals surface area contributed by atoms with Gasteiger partial charge in [-0.2, -0.15) is 0 Å². The van der Waals surface area contributed by atoms with Crippen molar-refractivity contribution in [2.75, 3.05) is 7.05 Å². The van der Waals surface area contributed by atoms with E-state index >= 15 is 0 Å². The molecule has 0 bridgehead atoms. The van der Waals surface area contributed by atoms with Crippen molar-refractivity contribution in [3.8, 4) is 0 Å². The highest BCUT2D eigenvalue weighted by Gasteiger charge is 2.03. The molecule has 52 valence electrons. The van der Waals surface area contributed by atoms with Gasteiger partial charge in [0.05, 0.1) is 0 Å². The monoisotopic (exact) mass is 125 g/mol. The van der Waals surface area contributed by atoms with Crippen molar-refractivity contribution < 1.29 is 4.58 Å². The lowest BCUT2D eigenvalue weighted by Crippen LogP contribution is -2.13. The molecule has 0 saturated carbocycles. The van der Waals surface area contributed by atoms with Crippen molar-refractivity contribution in [2.45, 2.75) is 20.8 Å². The van der Waals surface area contributed by atoms with Gasteiger partial charge in [0.15, 0.2) is 0 Å². The lowest BCUT2D eigenvalue weighted by Gasteiger charge is -2.13. The standard InChI is InChI=1S/C8H15N/c1-6-9(5)7-8(2,3)4/h6H,1H2,2-5H3. The maximum atomic E-state index is 3.61. The number of rotatable bonds is 1. The molecule has 0 radical (unpaired) electrons. The molecule has 0 atom stereocenters. The quantitative estimate of drug-likeness (QED) is 0.285. The molecule has 0 heterocycles. The van der Waals surface area contributed by atoms with Crippen molar-refractivity contribution >= 4 is 6.21 Å². The number of nitrogens with zero attached hydrogens (tertiary/aromatic N) is 1. The maximum Gasteiger partial charge on any atom is 0.104 e. The summed E-state index contributed by atoms with van der Waals surface area (Å²) >= 11 is 0. The highest BCUT2D eigenvalue weighted by atomic mass is 14.9. The van der Waals surface area contributed by atoms with E-state index in [4.69, 9.17) is 0 Å². The third kappa shape index (κ3) is 5.28. The summed E-state index contributed by atoms with van der Waals surface area (Å²) in [7, 11) is 1.93. The molecule has 0 fully saturated rings. The van der Waals surface area contributed by atoms with E-state index in [-0.39, 0.29) is 5.41 Å².